The molecule has 1 heterocycles. The van der Waals surface area contributed by atoms with Crippen LogP contribution in [0.1, 0.15) is 26.7 Å². The van der Waals surface area contributed by atoms with Crippen molar-refractivity contribution >= 4 is 5.91 Å². The van der Waals surface area contributed by atoms with Gasteiger partial charge in [-0.1, -0.05) is 6.92 Å². The van der Waals surface area contributed by atoms with E-state index in [9.17, 15) is 4.79 Å². The highest BCUT2D eigenvalue weighted by molar-refractivity contribution is 5.81. The monoisotopic (exact) mass is 199 g/mol. The van der Waals surface area contributed by atoms with Gasteiger partial charge in [0.15, 0.2) is 0 Å². The van der Waals surface area contributed by atoms with Crippen LogP contribution in [0.2, 0.25) is 0 Å². The largest absolute Gasteiger partial charge is 0.337 e. The minimum atomic E-state index is -0.408. The zero-order valence-electron chi connectivity index (χ0n) is 9.07. The van der Waals surface area contributed by atoms with Gasteiger partial charge in [-0.2, -0.15) is 0 Å². The summed E-state index contributed by atoms with van der Waals surface area (Å²) in [5.74, 6) is 0.531. The van der Waals surface area contributed by atoms with Crippen LogP contribution < -0.4 is 11.5 Å². The second-order valence-electron chi connectivity index (χ2n) is 4.24. The van der Waals surface area contributed by atoms with Crippen LogP contribution in [0.15, 0.2) is 0 Å². The summed E-state index contributed by atoms with van der Waals surface area (Å²) < 4.78 is 0. The maximum absolute atomic E-state index is 11.8. The Labute approximate surface area is 85.6 Å². The number of carbonyl (C=O) groups excluding carboxylic acids is 1. The van der Waals surface area contributed by atoms with Crippen molar-refractivity contribution in [3.63, 3.8) is 0 Å². The number of likely N-dealkylation sites (tertiary alicyclic amines) is 1. The lowest BCUT2D eigenvalue weighted by Gasteiger charge is -2.40. The van der Waals surface area contributed by atoms with Gasteiger partial charge in [0.25, 0.3) is 0 Å². The van der Waals surface area contributed by atoms with Crippen LogP contribution in [0.25, 0.3) is 0 Å². The summed E-state index contributed by atoms with van der Waals surface area (Å²) in [6.45, 7) is 5.24. The van der Waals surface area contributed by atoms with Crippen LogP contribution in [0.3, 0.4) is 0 Å². The first-order chi connectivity index (χ1) is 6.57. The molecule has 1 fully saturated rings. The molecule has 2 unspecified atom stereocenters. The highest BCUT2D eigenvalue weighted by Gasteiger charge is 2.31. The van der Waals surface area contributed by atoms with Crippen molar-refractivity contribution in [3.05, 3.63) is 0 Å². The number of nitrogens with zero attached hydrogens (tertiary/aromatic N) is 1. The van der Waals surface area contributed by atoms with Gasteiger partial charge < -0.3 is 16.4 Å². The van der Waals surface area contributed by atoms with Gasteiger partial charge in [-0.25, -0.2) is 0 Å². The summed E-state index contributed by atoms with van der Waals surface area (Å²) in [5, 5.41) is 0. The Morgan fingerprint density at radius 3 is 2.79 bits per heavy atom. The molecule has 1 saturated heterocycles. The predicted octanol–water partition coefficient (Wildman–Crippen LogP) is -0.0806. The Morgan fingerprint density at radius 2 is 2.29 bits per heavy atom. The quantitative estimate of drug-likeness (QED) is 0.653. The molecule has 82 valence electrons. The van der Waals surface area contributed by atoms with Gasteiger partial charge in [0.1, 0.15) is 0 Å². The molecule has 0 aromatic heterocycles. The summed E-state index contributed by atoms with van der Waals surface area (Å²) in [5.41, 5.74) is 11.3. The van der Waals surface area contributed by atoms with Crippen LogP contribution in [0.4, 0.5) is 0 Å². The van der Waals surface area contributed by atoms with E-state index in [0.29, 0.717) is 12.5 Å². The number of carbonyl (C=O) groups is 1. The lowest BCUT2D eigenvalue weighted by Crippen LogP contribution is -2.55. The van der Waals surface area contributed by atoms with Gasteiger partial charge in [0, 0.05) is 19.1 Å². The summed E-state index contributed by atoms with van der Waals surface area (Å²) in [7, 11) is 0. The first-order valence-corrected chi connectivity index (χ1v) is 5.34. The van der Waals surface area contributed by atoms with E-state index in [-0.39, 0.29) is 11.9 Å². The number of amides is 1. The third kappa shape index (κ3) is 2.25. The zero-order valence-corrected chi connectivity index (χ0v) is 9.07. The van der Waals surface area contributed by atoms with E-state index >= 15 is 0 Å². The Hall–Kier alpha value is -0.610. The Bertz CT molecular complexity index is 206. The van der Waals surface area contributed by atoms with Crippen molar-refractivity contribution < 1.29 is 4.79 Å². The molecule has 3 atom stereocenters. The molecule has 0 spiro atoms. The average Bonchev–Trinajstić information content (AvgIpc) is 2.16. The number of hydrogen-bond acceptors (Lipinski definition) is 3. The fourth-order valence-corrected chi connectivity index (χ4v) is 2.14. The van der Waals surface area contributed by atoms with E-state index in [1.165, 1.54) is 0 Å². The standard InChI is InChI=1S/C10H21N3O/c1-7-4-3-5-13(9(7)6-11)10(14)8(2)12/h7-9H,3-6,11-12H2,1-2H3/t7?,8-,9?/m1/s1. The van der Waals surface area contributed by atoms with E-state index in [1.54, 1.807) is 6.92 Å². The van der Waals surface area contributed by atoms with Crippen LogP contribution >= 0.6 is 0 Å². The van der Waals surface area contributed by atoms with E-state index in [2.05, 4.69) is 6.92 Å². The third-order valence-electron chi connectivity index (χ3n) is 3.03. The molecule has 1 amide bonds. The number of piperidine rings is 1. The molecule has 4 nitrogen and oxygen atoms in total. The van der Waals surface area contributed by atoms with Crippen molar-refractivity contribution in [1.82, 2.24) is 4.90 Å². The zero-order chi connectivity index (χ0) is 10.7. The number of nitrogens with two attached hydrogens (primary N) is 2. The van der Waals surface area contributed by atoms with Crippen LogP contribution in [-0.4, -0.2) is 36.0 Å². The highest BCUT2D eigenvalue weighted by Crippen LogP contribution is 2.22. The lowest BCUT2D eigenvalue weighted by molar-refractivity contribution is -0.137. The molecule has 0 aliphatic carbocycles. The Kier molecular flexibility index (Phi) is 3.89. The average molecular weight is 199 g/mol. The molecule has 0 radical (unpaired) electrons. The normalized spacial score (nSPS) is 30.1. The van der Waals surface area contributed by atoms with Gasteiger partial charge in [-0.05, 0) is 25.7 Å². The van der Waals surface area contributed by atoms with E-state index in [4.69, 9.17) is 11.5 Å². The maximum Gasteiger partial charge on any atom is 0.239 e. The first-order valence-electron chi connectivity index (χ1n) is 5.34. The molecule has 14 heavy (non-hydrogen) atoms. The Balaban J connectivity index is 2.69. The van der Waals surface area contributed by atoms with Gasteiger partial charge >= 0.3 is 0 Å². The summed E-state index contributed by atoms with van der Waals surface area (Å²) in [6.07, 6.45) is 2.22. The van der Waals surface area contributed by atoms with E-state index < -0.39 is 6.04 Å². The second kappa shape index (κ2) is 4.75. The molecular formula is C10H21N3O. The molecular weight excluding hydrogens is 178 g/mol. The van der Waals surface area contributed by atoms with Crippen molar-refractivity contribution in [2.45, 2.75) is 38.8 Å². The molecule has 0 saturated carbocycles. The van der Waals surface area contributed by atoms with Crippen LogP contribution in [0.5, 0.6) is 0 Å². The fourth-order valence-electron chi connectivity index (χ4n) is 2.14. The van der Waals surface area contributed by atoms with Crippen molar-refractivity contribution in [3.8, 4) is 0 Å². The van der Waals surface area contributed by atoms with E-state index in [0.717, 1.165) is 19.4 Å². The highest BCUT2D eigenvalue weighted by atomic mass is 16.2. The third-order valence-corrected chi connectivity index (χ3v) is 3.03. The molecule has 0 bridgehead atoms. The SMILES string of the molecule is CC1CCCN(C(=O)[C@@H](C)N)C1CN. The first kappa shape index (κ1) is 11.5. The van der Waals surface area contributed by atoms with Gasteiger partial charge in [-0.15, -0.1) is 0 Å². The van der Waals surface area contributed by atoms with Crippen molar-refractivity contribution in [2.75, 3.05) is 13.1 Å². The van der Waals surface area contributed by atoms with Crippen LogP contribution in [0, 0.1) is 5.92 Å². The van der Waals surface area contributed by atoms with Gasteiger partial charge in [0.2, 0.25) is 5.91 Å². The van der Waals surface area contributed by atoms with Crippen LogP contribution in [-0.2, 0) is 4.79 Å². The molecule has 1 rings (SSSR count). The smallest absolute Gasteiger partial charge is 0.239 e. The lowest BCUT2D eigenvalue weighted by atomic mass is 9.90. The van der Waals surface area contributed by atoms with Gasteiger partial charge in [0.05, 0.1) is 6.04 Å². The molecule has 4 N–H and O–H groups in total. The number of rotatable bonds is 2. The topological polar surface area (TPSA) is 72.3 Å². The molecule has 0 aromatic carbocycles. The number of hydrogen-bond donors (Lipinski definition) is 2. The summed E-state index contributed by atoms with van der Waals surface area (Å²) >= 11 is 0. The Morgan fingerprint density at radius 1 is 1.64 bits per heavy atom. The van der Waals surface area contributed by atoms with Crippen molar-refractivity contribution in [2.24, 2.45) is 17.4 Å². The maximum atomic E-state index is 11.8. The second-order valence-corrected chi connectivity index (χ2v) is 4.24. The molecule has 1 aliphatic heterocycles. The molecule has 1 aliphatic rings. The molecule has 4 heteroatoms. The summed E-state index contributed by atoms with van der Waals surface area (Å²) in [6, 6.07) is -0.225. The van der Waals surface area contributed by atoms with Crippen molar-refractivity contribution in [1.29, 1.82) is 0 Å². The van der Waals surface area contributed by atoms with E-state index in [1.807, 2.05) is 4.90 Å². The molecule has 0 aromatic rings. The van der Waals surface area contributed by atoms with Gasteiger partial charge in [-0.3, -0.25) is 4.79 Å². The summed E-state index contributed by atoms with van der Waals surface area (Å²) in [4.78, 5) is 13.6. The minimum absolute atomic E-state index is 0.0343. The fraction of sp³-hybridized carbons (Fsp3) is 0.900. The minimum Gasteiger partial charge on any atom is -0.337 e. The predicted molar refractivity (Wildman–Crippen MR) is 56.6 cm³/mol.